The van der Waals surface area contributed by atoms with E-state index in [4.69, 9.17) is 0 Å². The molecule has 28 heavy (non-hydrogen) atoms. The standard InChI is InChI=1S/C22H22F3NOS/c1-13-7-14(2)9-18(8-13)21(22(23,24)25)11-17(12-28-21)16-5-6-19(15(3)10-16)20(27)26-4/h5-10,12H,11H2,1-4H3,(H,26,27). The molecule has 2 aromatic carbocycles. The maximum absolute atomic E-state index is 14.2. The Morgan fingerprint density at radius 3 is 2.25 bits per heavy atom. The molecule has 0 aromatic heterocycles. The fraction of sp³-hybridized carbons (Fsp3) is 0.318. The van der Waals surface area contributed by atoms with Gasteiger partial charge in [0.1, 0.15) is 4.75 Å². The highest BCUT2D eigenvalue weighted by Gasteiger charge is 2.58. The van der Waals surface area contributed by atoms with Crippen molar-refractivity contribution in [2.45, 2.75) is 38.1 Å². The van der Waals surface area contributed by atoms with Crippen molar-refractivity contribution in [3.05, 3.63) is 75.2 Å². The molecule has 1 atom stereocenters. The molecule has 1 unspecified atom stereocenters. The van der Waals surface area contributed by atoms with Crippen LogP contribution in [0.15, 0.2) is 41.8 Å². The van der Waals surface area contributed by atoms with Crippen LogP contribution >= 0.6 is 11.8 Å². The molecule has 0 saturated carbocycles. The Hall–Kier alpha value is -2.21. The normalized spacial score (nSPS) is 19.5. The lowest BCUT2D eigenvalue weighted by Gasteiger charge is -2.32. The van der Waals surface area contributed by atoms with E-state index in [1.807, 2.05) is 19.9 Å². The molecule has 3 rings (SSSR count). The van der Waals surface area contributed by atoms with Crippen molar-refractivity contribution in [1.82, 2.24) is 5.32 Å². The molecule has 1 aliphatic heterocycles. The van der Waals surface area contributed by atoms with Gasteiger partial charge in [0, 0.05) is 19.0 Å². The van der Waals surface area contributed by atoms with Gasteiger partial charge in [0.15, 0.2) is 0 Å². The zero-order valence-electron chi connectivity index (χ0n) is 16.2. The maximum Gasteiger partial charge on any atom is 0.407 e. The highest BCUT2D eigenvalue weighted by Crippen LogP contribution is 2.59. The topological polar surface area (TPSA) is 29.1 Å². The molecular weight excluding hydrogens is 383 g/mol. The van der Waals surface area contributed by atoms with Crippen LogP contribution in [0, 0.1) is 20.8 Å². The molecule has 0 saturated heterocycles. The summed E-state index contributed by atoms with van der Waals surface area (Å²) in [4.78, 5) is 11.9. The first-order valence-corrected chi connectivity index (χ1v) is 9.81. The van der Waals surface area contributed by atoms with E-state index >= 15 is 0 Å². The predicted octanol–water partition coefficient (Wildman–Crippen LogP) is 5.91. The third-order valence-electron chi connectivity index (χ3n) is 5.06. The second-order valence-corrected chi connectivity index (χ2v) is 8.42. The molecule has 0 radical (unpaired) electrons. The molecule has 2 aromatic rings. The van der Waals surface area contributed by atoms with Crippen LogP contribution in [0.4, 0.5) is 13.2 Å². The van der Waals surface area contributed by atoms with Gasteiger partial charge >= 0.3 is 6.18 Å². The summed E-state index contributed by atoms with van der Waals surface area (Å²) in [6.45, 7) is 5.42. The Morgan fingerprint density at radius 2 is 1.71 bits per heavy atom. The Morgan fingerprint density at radius 1 is 1.07 bits per heavy atom. The van der Waals surface area contributed by atoms with Gasteiger partial charge < -0.3 is 5.32 Å². The van der Waals surface area contributed by atoms with Crippen LogP contribution in [0.25, 0.3) is 5.57 Å². The zero-order valence-corrected chi connectivity index (χ0v) is 17.0. The van der Waals surface area contributed by atoms with Crippen molar-refractivity contribution in [2.75, 3.05) is 7.05 Å². The lowest BCUT2D eigenvalue weighted by Crippen LogP contribution is -2.37. The lowest BCUT2D eigenvalue weighted by molar-refractivity contribution is -0.160. The number of carbonyl (C=O) groups excluding carboxylic acids is 1. The van der Waals surface area contributed by atoms with E-state index in [-0.39, 0.29) is 17.9 Å². The number of benzene rings is 2. The molecule has 1 amide bonds. The fourth-order valence-corrected chi connectivity index (χ4v) is 4.84. The van der Waals surface area contributed by atoms with Crippen LogP contribution in [0.1, 0.15) is 44.6 Å². The van der Waals surface area contributed by atoms with Gasteiger partial charge in [0.2, 0.25) is 0 Å². The van der Waals surface area contributed by atoms with Crippen LogP contribution in [-0.2, 0) is 4.75 Å². The summed E-state index contributed by atoms with van der Waals surface area (Å²) in [6, 6.07) is 10.3. The third-order valence-corrected chi connectivity index (χ3v) is 6.47. The van der Waals surface area contributed by atoms with Crippen molar-refractivity contribution in [2.24, 2.45) is 0 Å². The van der Waals surface area contributed by atoms with Crippen molar-refractivity contribution >= 4 is 23.2 Å². The van der Waals surface area contributed by atoms with Crippen LogP contribution in [-0.4, -0.2) is 19.1 Å². The molecule has 1 aliphatic rings. The number of halogens is 3. The fourth-order valence-electron chi connectivity index (χ4n) is 3.65. The number of hydrogen-bond acceptors (Lipinski definition) is 2. The summed E-state index contributed by atoms with van der Waals surface area (Å²) >= 11 is 0.825. The van der Waals surface area contributed by atoms with E-state index in [9.17, 15) is 18.0 Å². The summed E-state index contributed by atoms with van der Waals surface area (Å²) in [5.41, 5.74) is 4.53. The average molecular weight is 405 g/mol. The van der Waals surface area contributed by atoms with Crippen molar-refractivity contribution in [3.63, 3.8) is 0 Å². The first-order chi connectivity index (χ1) is 13.1. The van der Waals surface area contributed by atoms with Crippen LogP contribution in [0.3, 0.4) is 0 Å². The first-order valence-electron chi connectivity index (χ1n) is 8.93. The van der Waals surface area contributed by atoms with E-state index in [1.165, 1.54) is 0 Å². The number of thioether (sulfide) groups is 1. The van der Waals surface area contributed by atoms with Gasteiger partial charge in [-0.15, -0.1) is 11.8 Å². The Kier molecular flexibility index (Phi) is 5.36. The molecule has 2 nitrogen and oxygen atoms in total. The second-order valence-electron chi connectivity index (χ2n) is 7.25. The number of carbonyl (C=O) groups is 1. The van der Waals surface area contributed by atoms with Gasteiger partial charge in [-0.1, -0.05) is 41.5 Å². The second kappa shape index (κ2) is 7.32. The van der Waals surface area contributed by atoms with Crippen molar-refractivity contribution < 1.29 is 18.0 Å². The summed E-state index contributed by atoms with van der Waals surface area (Å²) < 4.78 is 40.7. The number of aryl methyl sites for hydroxylation is 3. The minimum absolute atomic E-state index is 0.136. The maximum atomic E-state index is 14.2. The highest BCUT2D eigenvalue weighted by molar-refractivity contribution is 8.03. The largest absolute Gasteiger partial charge is 0.407 e. The van der Waals surface area contributed by atoms with E-state index in [0.717, 1.165) is 28.5 Å². The van der Waals surface area contributed by atoms with Gasteiger partial charge in [0.25, 0.3) is 5.91 Å². The predicted molar refractivity (Wildman–Crippen MR) is 108 cm³/mol. The minimum Gasteiger partial charge on any atom is -0.355 e. The Bertz CT molecular complexity index is 944. The molecule has 0 spiro atoms. The average Bonchev–Trinajstić information content (AvgIpc) is 3.07. The minimum atomic E-state index is -4.40. The SMILES string of the molecule is CNC(=O)c1ccc(C2=CSC(c3cc(C)cc(C)c3)(C(F)(F)F)C2)cc1C. The molecule has 0 aliphatic carbocycles. The number of rotatable bonds is 3. The first kappa shape index (κ1) is 20.5. The number of nitrogens with one attached hydrogen (secondary N) is 1. The monoisotopic (exact) mass is 405 g/mol. The quantitative estimate of drug-likeness (QED) is 0.688. The van der Waals surface area contributed by atoms with Crippen molar-refractivity contribution in [3.8, 4) is 0 Å². The molecule has 1 N–H and O–H groups in total. The Labute approximate surface area is 167 Å². The summed E-state index contributed by atoms with van der Waals surface area (Å²) in [7, 11) is 1.55. The summed E-state index contributed by atoms with van der Waals surface area (Å²) in [5, 5.41) is 4.18. The van der Waals surface area contributed by atoms with Crippen LogP contribution in [0.5, 0.6) is 0 Å². The lowest BCUT2D eigenvalue weighted by atomic mass is 9.86. The van der Waals surface area contributed by atoms with Crippen LogP contribution in [0.2, 0.25) is 0 Å². The smallest absolute Gasteiger partial charge is 0.355 e. The number of amides is 1. The number of allylic oxidation sites excluding steroid dienone is 1. The molecule has 0 bridgehead atoms. The van der Waals surface area contributed by atoms with E-state index in [0.29, 0.717) is 16.7 Å². The van der Waals surface area contributed by atoms with Gasteiger partial charge in [-0.05, 0) is 54.5 Å². The number of alkyl halides is 3. The van der Waals surface area contributed by atoms with E-state index < -0.39 is 10.9 Å². The van der Waals surface area contributed by atoms with Gasteiger partial charge in [-0.3, -0.25) is 4.79 Å². The van der Waals surface area contributed by atoms with Crippen molar-refractivity contribution in [1.29, 1.82) is 0 Å². The number of hydrogen-bond donors (Lipinski definition) is 1. The third kappa shape index (κ3) is 3.58. The molecular formula is C22H22F3NOS. The molecule has 148 valence electrons. The Balaban J connectivity index is 2.00. The van der Waals surface area contributed by atoms with Gasteiger partial charge in [-0.2, -0.15) is 13.2 Å². The summed E-state index contributed by atoms with van der Waals surface area (Å²) in [6.07, 6.45) is -4.53. The molecule has 1 heterocycles. The zero-order chi connectivity index (χ0) is 20.7. The van der Waals surface area contributed by atoms with E-state index in [1.54, 1.807) is 49.7 Å². The van der Waals surface area contributed by atoms with Crippen LogP contribution < -0.4 is 5.32 Å². The highest BCUT2D eigenvalue weighted by atomic mass is 32.2. The van der Waals surface area contributed by atoms with E-state index in [2.05, 4.69) is 5.32 Å². The molecule has 6 heteroatoms. The molecule has 0 fully saturated rings. The van der Waals surface area contributed by atoms with Gasteiger partial charge in [0.05, 0.1) is 0 Å². The summed E-state index contributed by atoms with van der Waals surface area (Å²) in [5.74, 6) is -0.210. The van der Waals surface area contributed by atoms with Gasteiger partial charge in [-0.25, -0.2) is 0 Å².